The lowest BCUT2D eigenvalue weighted by molar-refractivity contribution is -0.122. The van der Waals surface area contributed by atoms with Crippen molar-refractivity contribution in [2.75, 3.05) is 5.32 Å². The highest BCUT2D eigenvalue weighted by Gasteiger charge is 2.31. The minimum atomic E-state index is -0.800. The van der Waals surface area contributed by atoms with E-state index in [2.05, 4.69) is 17.2 Å². The van der Waals surface area contributed by atoms with E-state index in [0.717, 1.165) is 44.9 Å². The number of rotatable bonds is 5. The number of aryl methyl sites for hydroxylation is 1. The Hall–Kier alpha value is -0.940. The average molecular weight is 282 g/mol. The molecule has 2 N–H and O–H groups in total. The van der Waals surface area contributed by atoms with Gasteiger partial charge in [0.2, 0.25) is 5.91 Å². The Kier molecular flexibility index (Phi) is 4.93. The first-order valence-corrected chi connectivity index (χ1v) is 7.90. The predicted octanol–water partition coefficient (Wildman–Crippen LogP) is 3.12. The van der Waals surface area contributed by atoms with E-state index >= 15 is 0 Å². The number of aromatic nitrogens is 1. The molecule has 5 heteroatoms. The van der Waals surface area contributed by atoms with E-state index in [0.29, 0.717) is 5.13 Å². The summed E-state index contributed by atoms with van der Waals surface area (Å²) in [7, 11) is 0. The van der Waals surface area contributed by atoms with Crippen LogP contribution in [0.15, 0.2) is 6.20 Å². The zero-order valence-corrected chi connectivity index (χ0v) is 12.3. The molecule has 0 spiro atoms. The summed E-state index contributed by atoms with van der Waals surface area (Å²) in [5, 5.41) is 13.8. The van der Waals surface area contributed by atoms with Crippen LogP contribution < -0.4 is 5.32 Å². The van der Waals surface area contributed by atoms with Crippen LogP contribution >= 0.6 is 11.3 Å². The maximum absolute atomic E-state index is 11.9. The minimum absolute atomic E-state index is 0.123. The van der Waals surface area contributed by atoms with E-state index in [1.807, 2.05) is 6.20 Å². The number of hydrogen-bond donors (Lipinski definition) is 2. The molecule has 1 aromatic heterocycles. The molecule has 0 unspecified atom stereocenters. The normalized spacial score (nSPS) is 18.2. The Bertz CT molecular complexity index is 425. The Balaban J connectivity index is 1.86. The molecule has 106 valence electrons. The van der Waals surface area contributed by atoms with Crippen LogP contribution in [0.5, 0.6) is 0 Å². The number of nitrogens with one attached hydrogen (secondary N) is 1. The van der Waals surface area contributed by atoms with Crippen molar-refractivity contribution < 1.29 is 9.90 Å². The van der Waals surface area contributed by atoms with Crippen molar-refractivity contribution in [1.82, 2.24) is 4.98 Å². The Morgan fingerprint density at radius 1 is 1.47 bits per heavy atom. The molecule has 1 aliphatic rings. The van der Waals surface area contributed by atoms with Crippen LogP contribution in [0, 0.1) is 0 Å². The number of nitrogens with zero attached hydrogens (tertiary/aromatic N) is 1. The van der Waals surface area contributed by atoms with Crippen molar-refractivity contribution in [3.8, 4) is 0 Å². The first kappa shape index (κ1) is 14.5. The summed E-state index contributed by atoms with van der Waals surface area (Å²) in [6.45, 7) is 2.12. The standard InChI is InChI=1S/C14H22N2O2S/c1-2-6-11-10-15-13(19-11)16-12(17)9-14(18)7-4-3-5-8-14/h10,18H,2-9H2,1H3,(H,15,16,17). The third-order valence-electron chi connectivity index (χ3n) is 3.57. The van der Waals surface area contributed by atoms with Gasteiger partial charge in [-0.1, -0.05) is 32.6 Å². The van der Waals surface area contributed by atoms with Gasteiger partial charge in [-0.15, -0.1) is 11.3 Å². The molecule has 0 bridgehead atoms. The highest BCUT2D eigenvalue weighted by molar-refractivity contribution is 7.15. The molecule has 1 aromatic rings. The summed E-state index contributed by atoms with van der Waals surface area (Å²) in [5.41, 5.74) is -0.800. The zero-order chi connectivity index (χ0) is 13.7. The zero-order valence-electron chi connectivity index (χ0n) is 11.4. The smallest absolute Gasteiger partial charge is 0.229 e. The topological polar surface area (TPSA) is 62.2 Å². The Morgan fingerprint density at radius 2 is 2.21 bits per heavy atom. The summed E-state index contributed by atoms with van der Waals surface area (Å²) in [4.78, 5) is 17.3. The summed E-state index contributed by atoms with van der Waals surface area (Å²) in [6.07, 6.45) is 8.75. The monoisotopic (exact) mass is 282 g/mol. The third kappa shape index (κ3) is 4.28. The minimum Gasteiger partial charge on any atom is -0.389 e. The third-order valence-corrected chi connectivity index (χ3v) is 4.54. The van der Waals surface area contributed by atoms with E-state index in [-0.39, 0.29) is 12.3 Å². The second-order valence-corrected chi connectivity index (χ2v) is 6.51. The molecule has 0 aromatic carbocycles. The number of amides is 1. The van der Waals surface area contributed by atoms with E-state index in [4.69, 9.17) is 0 Å². The molecular formula is C14H22N2O2S. The van der Waals surface area contributed by atoms with Gasteiger partial charge < -0.3 is 10.4 Å². The number of thiazole rings is 1. The summed E-state index contributed by atoms with van der Waals surface area (Å²) < 4.78 is 0. The number of carbonyl (C=O) groups excluding carboxylic acids is 1. The van der Waals surface area contributed by atoms with Crippen molar-refractivity contribution in [3.63, 3.8) is 0 Å². The second kappa shape index (κ2) is 6.48. The van der Waals surface area contributed by atoms with E-state index in [1.54, 1.807) is 0 Å². The number of carbonyl (C=O) groups is 1. The summed E-state index contributed by atoms with van der Waals surface area (Å²) in [5.74, 6) is -0.123. The number of hydrogen-bond acceptors (Lipinski definition) is 4. The SMILES string of the molecule is CCCc1cnc(NC(=O)CC2(O)CCCCC2)s1. The lowest BCUT2D eigenvalue weighted by Gasteiger charge is -2.31. The summed E-state index contributed by atoms with van der Waals surface area (Å²) in [6, 6.07) is 0. The fraction of sp³-hybridized carbons (Fsp3) is 0.714. The van der Waals surface area contributed by atoms with Crippen molar-refractivity contribution in [2.24, 2.45) is 0 Å². The molecule has 2 rings (SSSR count). The van der Waals surface area contributed by atoms with Crippen LogP contribution in [0.2, 0.25) is 0 Å². The van der Waals surface area contributed by atoms with Gasteiger partial charge in [-0.3, -0.25) is 4.79 Å². The van der Waals surface area contributed by atoms with Crippen LogP contribution in [0.1, 0.15) is 56.7 Å². The first-order valence-electron chi connectivity index (χ1n) is 7.08. The largest absolute Gasteiger partial charge is 0.389 e. The van der Waals surface area contributed by atoms with Gasteiger partial charge in [0.1, 0.15) is 0 Å². The molecule has 4 nitrogen and oxygen atoms in total. The molecule has 19 heavy (non-hydrogen) atoms. The molecule has 1 amide bonds. The molecule has 0 radical (unpaired) electrons. The van der Waals surface area contributed by atoms with Crippen molar-refractivity contribution in [3.05, 3.63) is 11.1 Å². The van der Waals surface area contributed by atoms with Crippen LogP contribution in [0.4, 0.5) is 5.13 Å². The number of aliphatic hydroxyl groups is 1. The molecule has 1 heterocycles. The molecule has 1 fully saturated rings. The van der Waals surface area contributed by atoms with Gasteiger partial charge >= 0.3 is 0 Å². The fourth-order valence-corrected chi connectivity index (χ4v) is 3.51. The van der Waals surface area contributed by atoms with Crippen LogP contribution in [-0.4, -0.2) is 21.6 Å². The highest BCUT2D eigenvalue weighted by atomic mass is 32.1. The van der Waals surface area contributed by atoms with E-state index in [1.165, 1.54) is 16.2 Å². The van der Waals surface area contributed by atoms with Crippen molar-refractivity contribution >= 4 is 22.4 Å². The quantitative estimate of drug-likeness (QED) is 0.872. The van der Waals surface area contributed by atoms with Gasteiger partial charge in [0.25, 0.3) is 0 Å². The van der Waals surface area contributed by atoms with Crippen LogP contribution in [0.3, 0.4) is 0 Å². The van der Waals surface area contributed by atoms with Gasteiger partial charge in [0.15, 0.2) is 5.13 Å². The molecule has 1 saturated carbocycles. The van der Waals surface area contributed by atoms with E-state index in [9.17, 15) is 9.90 Å². The molecule has 1 aliphatic carbocycles. The lowest BCUT2D eigenvalue weighted by atomic mass is 9.82. The van der Waals surface area contributed by atoms with Crippen LogP contribution in [0.25, 0.3) is 0 Å². The number of anilines is 1. The maximum atomic E-state index is 11.9. The average Bonchev–Trinajstić information content (AvgIpc) is 2.77. The molecule has 0 atom stereocenters. The molecular weight excluding hydrogens is 260 g/mol. The second-order valence-electron chi connectivity index (χ2n) is 5.39. The van der Waals surface area contributed by atoms with Crippen molar-refractivity contribution in [2.45, 2.75) is 63.9 Å². The fourth-order valence-electron chi connectivity index (χ4n) is 2.58. The van der Waals surface area contributed by atoms with Gasteiger partial charge in [-0.05, 0) is 19.3 Å². The Morgan fingerprint density at radius 3 is 2.89 bits per heavy atom. The highest BCUT2D eigenvalue weighted by Crippen LogP contribution is 2.31. The maximum Gasteiger partial charge on any atom is 0.229 e. The van der Waals surface area contributed by atoms with Crippen molar-refractivity contribution in [1.29, 1.82) is 0 Å². The van der Waals surface area contributed by atoms with E-state index < -0.39 is 5.60 Å². The Labute approximate surface area is 118 Å². The van der Waals surface area contributed by atoms with Gasteiger partial charge in [0, 0.05) is 11.1 Å². The van der Waals surface area contributed by atoms with Gasteiger partial charge in [-0.2, -0.15) is 0 Å². The first-order chi connectivity index (χ1) is 9.11. The molecule has 0 saturated heterocycles. The van der Waals surface area contributed by atoms with Crippen LogP contribution in [-0.2, 0) is 11.2 Å². The molecule has 0 aliphatic heterocycles. The van der Waals surface area contributed by atoms with Gasteiger partial charge in [0.05, 0.1) is 12.0 Å². The van der Waals surface area contributed by atoms with Gasteiger partial charge in [-0.25, -0.2) is 4.98 Å². The predicted molar refractivity (Wildman–Crippen MR) is 77.4 cm³/mol. The summed E-state index contributed by atoms with van der Waals surface area (Å²) >= 11 is 1.52. The lowest BCUT2D eigenvalue weighted by Crippen LogP contribution is -2.35.